The van der Waals surface area contributed by atoms with Gasteiger partial charge in [-0.2, -0.15) is 0 Å². The minimum absolute atomic E-state index is 0.0453. The van der Waals surface area contributed by atoms with Crippen molar-refractivity contribution in [2.45, 2.75) is 0 Å². The SMILES string of the molecule is COCCOCNC(=O)Nc1ccccc1F. The van der Waals surface area contributed by atoms with Gasteiger partial charge in [-0.05, 0) is 12.1 Å². The van der Waals surface area contributed by atoms with Crippen LogP contribution in [0.25, 0.3) is 0 Å². The molecule has 0 heterocycles. The molecular formula is C11H15FN2O3. The highest BCUT2D eigenvalue weighted by Gasteiger charge is 2.04. The highest BCUT2D eigenvalue weighted by molar-refractivity contribution is 5.89. The Balaban J connectivity index is 2.23. The summed E-state index contributed by atoms with van der Waals surface area (Å²) >= 11 is 0. The number of nitrogens with one attached hydrogen (secondary N) is 2. The maximum Gasteiger partial charge on any atom is 0.321 e. The summed E-state index contributed by atoms with van der Waals surface area (Å²) < 4.78 is 22.9. The quantitative estimate of drug-likeness (QED) is 0.588. The molecule has 0 saturated carbocycles. The van der Waals surface area contributed by atoms with E-state index in [4.69, 9.17) is 9.47 Å². The first kappa shape index (κ1) is 13.4. The summed E-state index contributed by atoms with van der Waals surface area (Å²) in [4.78, 5) is 11.3. The van der Waals surface area contributed by atoms with Crippen molar-refractivity contribution in [3.8, 4) is 0 Å². The Labute approximate surface area is 98.9 Å². The van der Waals surface area contributed by atoms with E-state index in [1.807, 2.05) is 0 Å². The average molecular weight is 242 g/mol. The smallest absolute Gasteiger partial charge is 0.321 e. The third kappa shape index (κ3) is 5.28. The van der Waals surface area contributed by atoms with Crippen LogP contribution in [0.15, 0.2) is 24.3 Å². The Morgan fingerprint density at radius 1 is 1.35 bits per heavy atom. The van der Waals surface area contributed by atoms with Crippen LogP contribution in [-0.2, 0) is 9.47 Å². The molecule has 0 spiro atoms. The molecule has 0 aliphatic carbocycles. The number of benzene rings is 1. The second-order valence-corrected chi connectivity index (χ2v) is 3.16. The van der Waals surface area contributed by atoms with E-state index in [1.54, 1.807) is 19.2 Å². The van der Waals surface area contributed by atoms with Gasteiger partial charge in [0, 0.05) is 7.11 Å². The fourth-order valence-electron chi connectivity index (χ4n) is 1.06. The molecule has 0 unspecified atom stereocenters. The number of halogens is 1. The van der Waals surface area contributed by atoms with Crippen LogP contribution in [-0.4, -0.2) is 33.1 Å². The second-order valence-electron chi connectivity index (χ2n) is 3.16. The minimum Gasteiger partial charge on any atom is -0.382 e. The van der Waals surface area contributed by atoms with E-state index >= 15 is 0 Å². The lowest BCUT2D eigenvalue weighted by atomic mass is 10.3. The molecule has 0 aliphatic heterocycles. The van der Waals surface area contributed by atoms with Gasteiger partial charge in [0.15, 0.2) is 0 Å². The maximum atomic E-state index is 13.1. The van der Waals surface area contributed by atoms with Crippen LogP contribution in [0.1, 0.15) is 0 Å². The molecule has 1 aromatic rings. The molecule has 0 radical (unpaired) electrons. The lowest BCUT2D eigenvalue weighted by molar-refractivity contribution is 0.0650. The summed E-state index contributed by atoms with van der Waals surface area (Å²) in [5, 5.41) is 4.79. The number of methoxy groups -OCH3 is 1. The molecule has 17 heavy (non-hydrogen) atoms. The fourth-order valence-corrected chi connectivity index (χ4v) is 1.06. The predicted molar refractivity (Wildman–Crippen MR) is 61.2 cm³/mol. The first-order valence-electron chi connectivity index (χ1n) is 5.10. The van der Waals surface area contributed by atoms with Gasteiger partial charge in [0.25, 0.3) is 0 Å². The Bertz CT molecular complexity index is 360. The second kappa shape index (κ2) is 7.59. The molecule has 0 bridgehead atoms. The molecule has 0 atom stereocenters. The molecule has 2 N–H and O–H groups in total. The Morgan fingerprint density at radius 3 is 2.82 bits per heavy atom. The van der Waals surface area contributed by atoms with Crippen molar-refractivity contribution in [3.05, 3.63) is 30.1 Å². The number of amides is 2. The number of hydrogen-bond acceptors (Lipinski definition) is 3. The summed E-state index contributed by atoms with van der Waals surface area (Å²) in [5.74, 6) is -0.483. The minimum atomic E-state index is -0.521. The van der Waals surface area contributed by atoms with Crippen LogP contribution >= 0.6 is 0 Å². The number of para-hydroxylation sites is 1. The summed E-state index contributed by atoms with van der Waals surface area (Å²) in [7, 11) is 1.56. The standard InChI is InChI=1S/C11H15FN2O3/c1-16-6-7-17-8-13-11(15)14-10-5-3-2-4-9(10)12/h2-5H,6-8H2,1H3,(H2,13,14,15). The average Bonchev–Trinajstić information content (AvgIpc) is 2.32. The van der Waals surface area contributed by atoms with Crippen LogP contribution in [0.4, 0.5) is 14.9 Å². The zero-order valence-electron chi connectivity index (χ0n) is 9.53. The van der Waals surface area contributed by atoms with Crippen molar-refractivity contribution < 1.29 is 18.7 Å². The normalized spacial score (nSPS) is 10.0. The summed E-state index contributed by atoms with van der Waals surface area (Å²) in [6.45, 7) is 0.886. The van der Waals surface area contributed by atoms with Crippen LogP contribution in [0.5, 0.6) is 0 Å². The van der Waals surface area contributed by atoms with Crippen LogP contribution in [0.3, 0.4) is 0 Å². The number of hydrogen-bond donors (Lipinski definition) is 2. The van der Waals surface area contributed by atoms with Gasteiger partial charge in [0.2, 0.25) is 0 Å². The van der Waals surface area contributed by atoms with Gasteiger partial charge in [-0.3, -0.25) is 0 Å². The van der Waals surface area contributed by atoms with E-state index in [0.717, 1.165) is 0 Å². The zero-order chi connectivity index (χ0) is 12.5. The van der Waals surface area contributed by atoms with Gasteiger partial charge in [-0.15, -0.1) is 0 Å². The molecule has 1 aromatic carbocycles. The summed E-state index contributed by atoms with van der Waals surface area (Å²) in [5.41, 5.74) is 0.127. The maximum absolute atomic E-state index is 13.1. The van der Waals surface area contributed by atoms with Crippen LogP contribution in [0.2, 0.25) is 0 Å². The van der Waals surface area contributed by atoms with Gasteiger partial charge in [0.05, 0.1) is 18.9 Å². The van der Waals surface area contributed by atoms with Crippen molar-refractivity contribution in [2.75, 3.05) is 32.4 Å². The van der Waals surface area contributed by atoms with Gasteiger partial charge in [-0.25, -0.2) is 9.18 Å². The zero-order valence-corrected chi connectivity index (χ0v) is 9.53. The fraction of sp³-hybridized carbons (Fsp3) is 0.364. The largest absolute Gasteiger partial charge is 0.382 e. The first-order chi connectivity index (χ1) is 8.24. The van der Waals surface area contributed by atoms with Crippen molar-refractivity contribution in [1.29, 1.82) is 0 Å². The lowest BCUT2D eigenvalue weighted by Crippen LogP contribution is -2.31. The Morgan fingerprint density at radius 2 is 2.12 bits per heavy atom. The molecule has 94 valence electrons. The number of anilines is 1. The summed E-state index contributed by atoms with van der Waals surface area (Å²) in [6.07, 6.45) is 0. The monoisotopic (exact) mass is 242 g/mol. The van der Waals surface area contributed by atoms with E-state index in [9.17, 15) is 9.18 Å². The van der Waals surface area contributed by atoms with Crippen molar-refractivity contribution in [1.82, 2.24) is 5.32 Å². The molecule has 2 amide bonds. The molecule has 6 heteroatoms. The number of carbonyl (C=O) groups excluding carboxylic acids is 1. The lowest BCUT2D eigenvalue weighted by Gasteiger charge is -2.08. The van der Waals surface area contributed by atoms with E-state index in [0.29, 0.717) is 13.2 Å². The molecule has 0 aliphatic rings. The third-order valence-electron chi connectivity index (χ3n) is 1.89. The molecule has 5 nitrogen and oxygen atoms in total. The highest BCUT2D eigenvalue weighted by atomic mass is 19.1. The van der Waals surface area contributed by atoms with Crippen molar-refractivity contribution in [3.63, 3.8) is 0 Å². The predicted octanol–water partition coefficient (Wildman–Crippen LogP) is 1.57. The van der Waals surface area contributed by atoms with Gasteiger partial charge < -0.3 is 20.1 Å². The summed E-state index contributed by atoms with van der Waals surface area (Å²) in [6, 6.07) is 5.40. The number of urea groups is 1. The van der Waals surface area contributed by atoms with Crippen LogP contribution in [0, 0.1) is 5.82 Å². The van der Waals surface area contributed by atoms with Crippen LogP contribution < -0.4 is 10.6 Å². The number of rotatable bonds is 6. The van der Waals surface area contributed by atoms with Gasteiger partial charge >= 0.3 is 6.03 Å². The Kier molecular flexibility index (Phi) is 5.98. The molecule has 0 saturated heterocycles. The molecule has 1 rings (SSSR count). The third-order valence-corrected chi connectivity index (χ3v) is 1.89. The molecule has 0 fully saturated rings. The molecular weight excluding hydrogens is 227 g/mol. The molecule has 0 aromatic heterocycles. The van der Waals surface area contributed by atoms with E-state index in [1.165, 1.54) is 12.1 Å². The first-order valence-corrected chi connectivity index (χ1v) is 5.10. The number of ether oxygens (including phenoxy) is 2. The van der Waals surface area contributed by atoms with Gasteiger partial charge in [0.1, 0.15) is 12.5 Å². The van der Waals surface area contributed by atoms with Crippen molar-refractivity contribution in [2.24, 2.45) is 0 Å². The van der Waals surface area contributed by atoms with E-state index in [2.05, 4.69) is 10.6 Å². The topological polar surface area (TPSA) is 59.6 Å². The Hall–Kier alpha value is -1.66. The van der Waals surface area contributed by atoms with Gasteiger partial charge in [-0.1, -0.05) is 12.1 Å². The van der Waals surface area contributed by atoms with E-state index < -0.39 is 11.8 Å². The number of carbonyl (C=O) groups is 1. The van der Waals surface area contributed by atoms with E-state index in [-0.39, 0.29) is 12.4 Å². The highest BCUT2D eigenvalue weighted by Crippen LogP contribution is 2.11. The van der Waals surface area contributed by atoms with Crippen molar-refractivity contribution >= 4 is 11.7 Å².